The van der Waals surface area contributed by atoms with Gasteiger partial charge in [-0.05, 0) is 77.5 Å². The standard InChI is InChI=1S/C27H31N7O2S/c1-19-16-21(12-13-23(19)33-18-28-30-31-33)34(25(35)17-22-10-7-15-37-22)26(24-11-6-14-32(24)2)27(36)29-20-8-4-3-5-9-20/h6-7,10-16,18,20,26H,3-5,8-9,17H2,1-2H3,(H,29,36)/t26-/m0/s1. The van der Waals surface area contributed by atoms with Crippen molar-refractivity contribution in [3.63, 3.8) is 0 Å². The molecule has 4 aromatic rings. The molecule has 192 valence electrons. The van der Waals surface area contributed by atoms with Crippen LogP contribution in [0.5, 0.6) is 0 Å². The molecule has 2 amide bonds. The maximum Gasteiger partial charge on any atom is 0.249 e. The predicted molar refractivity (Wildman–Crippen MR) is 143 cm³/mol. The summed E-state index contributed by atoms with van der Waals surface area (Å²) < 4.78 is 3.50. The number of hydrogen-bond donors (Lipinski definition) is 1. The number of nitrogens with zero attached hydrogens (tertiary/aromatic N) is 6. The summed E-state index contributed by atoms with van der Waals surface area (Å²) in [7, 11) is 1.91. The predicted octanol–water partition coefficient (Wildman–Crippen LogP) is 4.14. The van der Waals surface area contributed by atoms with E-state index in [9.17, 15) is 9.59 Å². The molecule has 0 bridgehead atoms. The van der Waals surface area contributed by atoms with Gasteiger partial charge in [-0.3, -0.25) is 14.5 Å². The van der Waals surface area contributed by atoms with Gasteiger partial charge in [0.1, 0.15) is 6.33 Å². The van der Waals surface area contributed by atoms with Crippen LogP contribution in [0.25, 0.3) is 5.69 Å². The number of benzene rings is 1. The summed E-state index contributed by atoms with van der Waals surface area (Å²) in [6.45, 7) is 1.95. The lowest BCUT2D eigenvalue weighted by Gasteiger charge is -2.34. The summed E-state index contributed by atoms with van der Waals surface area (Å²) in [5.41, 5.74) is 3.11. The van der Waals surface area contributed by atoms with E-state index in [2.05, 4.69) is 20.8 Å². The largest absolute Gasteiger partial charge is 0.352 e. The minimum Gasteiger partial charge on any atom is -0.352 e. The van der Waals surface area contributed by atoms with Crippen molar-refractivity contribution in [2.75, 3.05) is 4.90 Å². The van der Waals surface area contributed by atoms with Crippen LogP contribution in [0.3, 0.4) is 0 Å². The van der Waals surface area contributed by atoms with Gasteiger partial charge >= 0.3 is 0 Å². The quantitative estimate of drug-likeness (QED) is 0.379. The molecule has 0 saturated heterocycles. The first-order valence-corrected chi connectivity index (χ1v) is 13.5. The molecule has 3 aromatic heterocycles. The van der Waals surface area contributed by atoms with Crippen LogP contribution in [0.1, 0.15) is 54.3 Å². The fraction of sp³-hybridized carbons (Fsp3) is 0.370. The van der Waals surface area contributed by atoms with Crippen molar-refractivity contribution in [1.29, 1.82) is 0 Å². The number of tetrazole rings is 1. The summed E-state index contributed by atoms with van der Waals surface area (Å²) in [6, 6.07) is 12.7. The molecule has 0 unspecified atom stereocenters. The summed E-state index contributed by atoms with van der Waals surface area (Å²) in [5.74, 6) is -0.294. The van der Waals surface area contributed by atoms with E-state index < -0.39 is 6.04 Å². The summed E-state index contributed by atoms with van der Waals surface area (Å²) >= 11 is 1.54. The Morgan fingerprint density at radius 3 is 2.65 bits per heavy atom. The minimum atomic E-state index is -0.812. The van der Waals surface area contributed by atoms with Gasteiger partial charge in [0, 0.05) is 29.9 Å². The number of carbonyl (C=O) groups is 2. The van der Waals surface area contributed by atoms with Crippen LogP contribution in [0.15, 0.2) is 60.4 Å². The van der Waals surface area contributed by atoms with Gasteiger partial charge in [0.15, 0.2) is 6.04 Å². The molecule has 1 atom stereocenters. The number of thiophene rings is 1. The van der Waals surface area contributed by atoms with Gasteiger partial charge in [0.2, 0.25) is 11.8 Å². The third-order valence-electron chi connectivity index (χ3n) is 6.95. The van der Waals surface area contributed by atoms with Crippen LogP contribution >= 0.6 is 11.3 Å². The van der Waals surface area contributed by atoms with Crippen molar-refractivity contribution in [1.82, 2.24) is 30.1 Å². The van der Waals surface area contributed by atoms with Gasteiger partial charge in [0.05, 0.1) is 17.8 Å². The maximum atomic E-state index is 14.0. The third-order valence-corrected chi connectivity index (χ3v) is 7.83. The van der Waals surface area contributed by atoms with Crippen LogP contribution in [-0.4, -0.2) is 42.6 Å². The molecule has 5 rings (SSSR count). The smallest absolute Gasteiger partial charge is 0.249 e. The molecule has 10 heteroatoms. The number of amides is 2. The average molecular weight is 518 g/mol. The molecule has 1 aliphatic rings. The molecule has 1 aromatic carbocycles. The molecule has 1 fully saturated rings. The number of aromatic nitrogens is 5. The number of aryl methyl sites for hydroxylation is 2. The Morgan fingerprint density at radius 2 is 2.00 bits per heavy atom. The highest BCUT2D eigenvalue weighted by molar-refractivity contribution is 7.10. The summed E-state index contributed by atoms with van der Waals surface area (Å²) in [5, 5.41) is 16.7. The Bertz CT molecular complexity index is 1340. The van der Waals surface area contributed by atoms with Gasteiger partial charge in [-0.15, -0.1) is 16.4 Å². The molecule has 0 aliphatic heterocycles. The lowest BCUT2D eigenvalue weighted by Crippen LogP contribution is -2.48. The maximum absolute atomic E-state index is 14.0. The Morgan fingerprint density at radius 1 is 1.16 bits per heavy atom. The van der Waals surface area contributed by atoms with Crippen molar-refractivity contribution in [2.45, 2.75) is 57.5 Å². The van der Waals surface area contributed by atoms with Gasteiger partial charge in [-0.25, -0.2) is 4.68 Å². The zero-order valence-corrected chi connectivity index (χ0v) is 21.9. The average Bonchev–Trinajstić information content (AvgIpc) is 3.67. The summed E-state index contributed by atoms with van der Waals surface area (Å²) in [6.07, 6.45) is 9.01. The second kappa shape index (κ2) is 11.1. The van der Waals surface area contributed by atoms with E-state index in [-0.39, 0.29) is 24.3 Å². The van der Waals surface area contributed by atoms with Crippen LogP contribution < -0.4 is 10.2 Å². The Balaban J connectivity index is 1.56. The van der Waals surface area contributed by atoms with Crippen molar-refractivity contribution in [2.24, 2.45) is 7.05 Å². The number of nitrogens with one attached hydrogen (secondary N) is 1. The van der Waals surface area contributed by atoms with Gasteiger partial charge < -0.3 is 9.88 Å². The molecular formula is C27H31N7O2S. The highest BCUT2D eigenvalue weighted by atomic mass is 32.1. The Kier molecular flexibility index (Phi) is 7.45. The first-order valence-electron chi connectivity index (χ1n) is 12.6. The van der Waals surface area contributed by atoms with Crippen molar-refractivity contribution >= 4 is 28.8 Å². The van der Waals surface area contributed by atoms with Crippen molar-refractivity contribution in [3.05, 3.63) is 76.5 Å². The molecule has 1 N–H and O–H groups in total. The second-order valence-corrected chi connectivity index (χ2v) is 10.6. The third kappa shape index (κ3) is 5.48. The van der Waals surface area contributed by atoms with E-state index in [1.807, 2.05) is 72.6 Å². The van der Waals surface area contributed by atoms with Crippen LogP contribution in [0.4, 0.5) is 5.69 Å². The van der Waals surface area contributed by atoms with Gasteiger partial charge in [0.25, 0.3) is 0 Å². The molecule has 9 nitrogen and oxygen atoms in total. The Hall–Kier alpha value is -3.79. The number of anilines is 1. The van der Waals surface area contributed by atoms with E-state index >= 15 is 0 Å². The lowest BCUT2D eigenvalue weighted by molar-refractivity contribution is -0.127. The number of hydrogen-bond acceptors (Lipinski definition) is 6. The van der Waals surface area contributed by atoms with E-state index in [0.29, 0.717) is 5.69 Å². The summed E-state index contributed by atoms with van der Waals surface area (Å²) in [4.78, 5) is 30.6. The first kappa shape index (κ1) is 24.9. The fourth-order valence-corrected chi connectivity index (χ4v) is 5.77. The van der Waals surface area contributed by atoms with Crippen molar-refractivity contribution in [3.8, 4) is 5.69 Å². The van der Waals surface area contributed by atoms with Gasteiger partial charge in [-0.1, -0.05) is 25.3 Å². The van der Waals surface area contributed by atoms with E-state index in [1.165, 1.54) is 24.1 Å². The SMILES string of the molecule is Cc1cc(N(C(=O)Cc2cccs2)[C@H](C(=O)NC2CCCCC2)c2cccn2C)ccc1-n1cnnn1. The van der Waals surface area contributed by atoms with Crippen LogP contribution in [0, 0.1) is 6.92 Å². The number of rotatable bonds is 8. The normalized spacial score (nSPS) is 14.9. The van der Waals surface area contributed by atoms with E-state index in [1.54, 1.807) is 9.58 Å². The molecule has 37 heavy (non-hydrogen) atoms. The van der Waals surface area contributed by atoms with Crippen LogP contribution in [-0.2, 0) is 23.1 Å². The molecule has 0 radical (unpaired) electrons. The molecule has 1 aliphatic carbocycles. The zero-order valence-electron chi connectivity index (χ0n) is 21.1. The second-order valence-electron chi connectivity index (χ2n) is 9.54. The molecule has 1 saturated carbocycles. The topological polar surface area (TPSA) is 97.9 Å². The molecule has 3 heterocycles. The highest BCUT2D eigenvalue weighted by Gasteiger charge is 2.35. The van der Waals surface area contributed by atoms with Crippen molar-refractivity contribution < 1.29 is 9.59 Å². The zero-order chi connectivity index (χ0) is 25.8. The minimum absolute atomic E-state index is 0.127. The van der Waals surface area contributed by atoms with E-state index in [4.69, 9.17) is 0 Å². The number of carbonyl (C=O) groups excluding carboxylic acids is 2. The molecule has 0 spiro atoms. The highest BCUT2D eigenvalue weighted by Crippen LogP contribution is 2.32. The lowest BCUT2D eigenvalue weighted by atomic mass is 9.95. The Labute approximate surface area is 220 Å². The molecular weight excluding hydrogens is 486 g/mol. The van der Waals surface area contributed by atoms with E-state index in [0.717, 1.165) is 47.5 Å². The monoisotopic (exact) mass is 517 g/mol. The van der Waals surface area contributed by atoms with Gasteiger partial charge in [-0.2, -0.15) is 0 Å². The van der Waals surface area contributed by atoms with Crippen LogP contribution in [0.2, 0.25) is 0 Å². The first-order chi connectivity index (χ1) is 18.0. The fourth-order valence-electron chi connectivity index (χ4n) is 5.07.